The molecule has 0 aliphatic heterocycles. The zero-order valence-electron chi connectivity index (χ0n) is 18.1. The molecule has 1 amide bonds. The number of aromatic nitrogens is 5. The van der Waals surface area contributed by atoms with Crippen molar-refractivity contribution >= 4 is 23.4 Å². The number of carbonyl (C=O) groups is 1. The first-order valence-corrected chi connectivity index (χ1v) is 11.6. The molecule has 0 radical (unpaired) electrons. The Morgan fingerprint density at radius 2 is 1.26 bits per heavy atom. The summed E-state index contributed by atoms with van der Waals surface area (Å²) in [6.07, 6.45) is 8.68. The minimum absolute atomic E-state index is 0.103. The Morgan fingerprint density at radius 3 is 1.76 bits per heavy atom. The molecule has 0 aliphatic rings. The summed E-state index contributed by atoms with van der Waals surface area (Å²) in [6, 6.07) is 22.4. The van der Waals surface area contributed by atoms with Crippen molar-refractivity contribution in [2.45, 2.75) is 5.16 Å². The van der Waals surface area contributed by atoms with E-state index in [9.17, 15) is 4.79 Å². The number of nitrogens with zero attached hydrogens (tertiary/aromatic N) is 4. The molecule has 5 rings (SSSR count). The lowest BCUT2D eigenvalue weighted by atomic mass is 9.94. The molecule has 0 aliphatic carbocycles. The van der Waals surface area contributed by atoms with Gasteiger partial charge in [-0.15, -0.1) is 10.2 Å². The van der Waals surface area contributed by atoms with Crippen LogP contribution in [0.2, 0.25) is 0 Å². The van der Waals surface area contributed by atoms with Crippen molar-refractivity contribution in [2.75, 3.05) is 11.1 Å². The van der Waals surface area contributed by atoms with Crippen LogP contribution < -0.4 is 5.32 Å². The Balaban J connectivity index is 1.39. The van der Waals surface area contributed by atoms with Gasteiger partial charge in [-0.1, -0.05) is 23.9 Å². The molecule has 0 saturated heterocycles. The van der Waals surface area contributed by atoms with Crippen molar-refractivity contribution in [2.24, 2.45) is 0 Å². The zero-order chi connectivity index (χ0) is 23.2. The van der Waals surface area contributed by atoms with Crippen molar-refractivity contribution in [1.82, 2.24) is 25.1 Å². The van der Waals surface area contributed by atoms with Gasteiger partial charge in [-0.25, -0.2) is 0 Å². The second kappa shape index (κ2) is 10.1. The Morgan fingerprint density at radius 1 is 0.735 bits per heavy atom. The number of anilines is 1. The number of amides is 1. The molecule has 0 unspecified atom stereocenters. The highest BCUT2D eigenvalue weighted by Gasteiger charge is 2.09. The van der Waals surface area contributed by atoms with Crippen LogP contribution in [0.1, 0.15) is 0 Å². The van der Waals surface area contributed by atoms with Crippen LogP contribution in [-0.4, -0.2) is 36.8 Å². The minimum Gasteiger partial charge on any atom is -0.325 e. The van der Waals surface area contributed by atoms with E-state index in [4.69, 9.17) is 0 Å². The molecule has 0 saturated carbocycles. The van der Waals surface area contributed by atoms with Gasteiger partial charge in [-0.3, -0.25) is 14.8 Å². The van der Waals surface area contributed by atoms with Gasteiger partial charge >= 0.3 is 0 Å². The van der Waals surface area contributed by atoms with Gasteiger partial charge in [-0.2, -0.15) is 0 Å². The lowest BCUT2D eigenvalue weighted by Crippen LogP contribution is -2.14. The van der Waals surface area contributed by atoms with Gasteiger partial charge in [0.25, 0.3) is 0 Å². The largest absolute Gasteiger partial charge is 0.325 e. The third kappa shape index (κ3) is 5.19. The van der Waals surface area contributed by atoms with Crippen molar-refractivity contribution in [3.63, 3.8) is 0 Å². The number of hydrogen-bond donors (Lipinski definition) is 2. The van der Waals surface area contributed by atoms with Crippen LogP contribution in [0.5, 0.6) is 0 Å². The maximum atomic E-state index is 12.3. The molecule has 0 spiro atoms. The van der Waals surface area contributed by atoms with E-state index in [1.807, 2.05) is 48.5 Å². The molecule has 3 aromatic heterocycles. The molecule has 5 aromatic rings. The summed E-state index contributed by atoms with van der Waals surface area (Å²) >= 11 is 1.30. The van der Waals surface area contributed by atoms with Crippen molar-refractivity contribution < 1.29 is 4.79 Å². The number of benzene rings is 2. The Hall–Kier alpha value is -4.30. The van der Waals surface area contributed by atoms with Crippen LogP contribution in [0.3, 0.4) is 0 Å². The van der Waals surface area contributed by atoms with E-state index < -0.39 is 0 Å². The molecule has 8 heteroatoms. The molecule has 2 aromatic carbocycles. The van der Waals surface area contributed by atoms with Gasteiger partial charge in [-0.05, 0) is 88.0 Å². The van der Waals surface area contributed by atoms with E-state index in [-0.39, 0.29) is 11.7 Å². The highest BCUT2D eigenvalue weighted by atomic mass is 32.2. The summed E-state index contributed by atoms with van der Waals surface area (Å²) in [5.41, 5.74) is 7.29. The first-order chi connectivity index (χ1) is 16.7. The maximum absolute atomic E-state index is 12.3. The van der Waals surface area contributed by atoms with Crippen LogP contribution in [0.25, 0.3) is 33.4 Å². The summed E-state index contributed by atoms with van der Waals surface area (Å²) in [4.78, 5) is 23.4. The first-order valence-electron chi connectivity index (χ1n) is 10.6. The molecular weight excluding hydrogens is 444 g/mol. The monoisotopic (exact) mass is 464 g/mol. The van der Waals surface area contributed by atoms with Crippen LogP contribution in [-0.2, 0) is 4.79 Å². The quantitative estimate of drug-likeness (QED) is 0.316. The summed E-state index contributed by atoms with van der Waals surface area (Å²) in [5, 5.41) is 11.1. The van der Waals surface area contributed by atoms with Crippen LogP contribution in [0, 0.1) is 0 Å². The number of H-pyrrole nitrogens is 1. The zero-order valence-corrected chi connectivity index (χ0v) is 18.9. The topological polar surface area (TPSA) is 96.5 Å². The molecule has 3 heterocycles. The molecule has 2 N–H and O–H groups in total. The van der Waals surface area contributed by atoms with Crippen molar-refractivity contribution in [3.8, 4) is 33.4 Å². The summed E-state index contributed by atoms with van der Waals surface area (Å²) < 4.78 is 0. The fraction of sp³-hybridized carbons (Fsp3) is 0.0385. The summed E-state index contributed by atoms with van der Waals surface area (Å²) in [5.74, 6) is 0.147. The third-order valence-electron chi connectivity index (χ3n) is 5.20. The fourth-order valence-electron chi connectivity index (χ4n) is 3.56. The summed E-state index contributed by atoms with van der Waals surface area (Å²) in [6.45, 7) is 0. The van der Waals surface area contributed by atoms with E-state index in [2.05, 4.69) is 48.7 Å². The fourth-order valence-corrected chi connectivity index (χ4v) is 4.14. The first kappa shape index (κ1) is 21.5. The van der Waals surface area contributed by atoms with E-state index >= 15 is 0 Å². The number of aromatic amines is 1. The summed E-state index contributed by atoms with van der Waals surface area (Å²) in [7, 11) is 0. The van der Waals surface area contributed by atoms with Gasteiger partial charge in [0.1, 0.15) is 6.33 Å². The van der Waals surface area contributed by atoms with Gasteiger partial charge in [0.2, 0.25) is 5.91 Å². The Kier molecular flexibility index (Phi) is 6.40. The van der Waals surface area contributed by atoms with Gasteiger partial charge in [0, 0.05) is 30.5 Å². The average molecular weight is 465 g/mol. The van der Waals surface area contributed by atoms with E-state index in [0.717, 1.165) is 39.1 Å². The third-order valence-corrected chi connectivity index (χ3v) is 6.08. The maximum Gasteiger partial charge on any atom is 0.234 e. The smallest absolute Gasteiger partial charge is 0.234 e. The lowest BCUT2D eigenvalue weighted by Gasteiger charge is -2.12. The number of thioether (sulfide) groups is 1. The Labute approximate surface area is 200 Å². The number of carbonyl (C=O) groups excluding carboxylic acids is 1. The molecule has 166 valence electrons. The molecule has 7 nitrogen and oxygen atoms in total. The SMILES string of the molecule is O=C(CSc1nnc[nH]1)Nc1ccc(-c2cc(-c3ccncc3)cc(-c3ccncc3)c2)cc1. The van der Waals surface area contributed by atoms with Crippen LogP contribution >= 0.6 is 11.8 Å². The van der Waals surface area contributed by atoms with E-state index in [1.165, 1.54) is 18.1 Å². The van der Waals surface area contributed by atoms with Gasteiger partial charge in [0.05, 0.1) is 5.75 Å². The predicted molar refractivity (Wildman–Crippen MR) is 134 cm³/mol. The number of pyridine rings is 2. The highest BCUT2D eigenvalue weighted by Crippen LogP contribution is 2.33. The molecule has 0 fully saturated rings. The Bertz CT molecular complexity index is 1320. The van der Waals surface area contributed by atoms with Gasteiger partial charge < -0.3 is 10.3 Å². The lowest BCUT2D eigenvalue weighted by molar-refractivity contribution is -0.113. The number of hydrogen-bond acceptors (Lipinski definition) is 6. The van der Waals surface area contributed by atoms with E-state index in [1.54, 1.807) is 24.8 Å². The van der Waals surface area contributed by atoms with Crippen LogP contribution in [0.15, 0.2) is 103 Å². The second-order valence-electron chi connectivity index (χ2n) is 7.48. The minimum atomic E-state index is -0.103. The van der Waals surface area contributed by atoms with Crippen LogP contribution in [0.4, 0.5) is 5.69 Å². The number of nitrogens with one attached hydrogen (secondary N) is 2. The van der Waals surface area contributed by atoms with Gasteiger partial charge in [0.15, 0.2) is 5.16 Å². The second-order valence-corrected chi connectivity index (χ2v) is 8.44. The molecule has 34 heavy (non-hydrogen) atoms. The number of rotatable bonds is 7. The van der Waals surface area contributed by atoms with Crippen molar-refractivity contribution in [3.05, 3.63) is 97.8 Å². The molecular formula is C26H20N6OS. The average Bonchev–Trinajstić information content (AvgIpc) is 3.43. The van der Waals surface area contributed by atoms with Crippen molar-refractivity contribution in [1.29, 1.82) is 0 Å². The molecule has 0 bridgehead atoms. The normalized spacial score (nSPS) is 10.7. The highest BCUT2D eigenvalue weighted by molar-refractivity contribution is 7.99. The standard InChI is InChI=1S/C26H20N6OS/c33-25(16-34-26-29-17-30-32-26)31-24-3-1-18(2-4-24)21-13-22(19-5-9-27-10-6-19)15-23(14-21)20-7-11-28-12-8-20/h1-15,17H,16H2,(H,31,33)(H,29,30,32). The molecule has 0 atom stereocenters. The van der Waals surface area contributed by atoms with E-state index in [0.29, 0.717) is 5.16 Å². The predicted octanol–water partition coefficient (Wildman–Crippen LogP) is 5.33.